The van der Waals surface area contributed by atoms with Gasteiger partial charge in [0.2, 0.25) is 0 Å². The van der Waals surface area contributed by atoms with Crippen molar-refractivity contribution in [2.45, 2.75) is 13.0 Å². The van der Waals surface area contributed by atoms with E-state index in [9.17, 15) is 5.11 Å². The van der Waals surface area contributed by atoms with Crippen LogP contribution in [0.3, 0.4) is 0 Å². The van der Waals surface area contributed by atoms with Gasteiger partial charge in [-0.3, -0.25) is 4.98 Å². The Balaban J connectivity index is 2.35. The van der Waals surface area contributed by atoms with E-state index in [2.05, 4.69) is 4.98 Å². The molecule has 3 heteroatoms. The molecule has 0 fully saturated rings. The molecule has 1 heterocycles. The standard InChI is InChI=1S/C13H12ClNO/c1-9-4-6-10(7-5-9)13(16)12-11(14)3-2-8-15-12/h2-8,13,16H,1H3. The number of aliphatic hydroxyl groups is 1. The van der Waals surface area contributed by atoms with Crippen molar-refractivity contribution in [3.8, 4) is 0 Å². The van der Waals surface area contributed by atoms with Crippen molar-refractivity contribution in [1.82, 2.24) is 4.98 Å². The van der Waals surface area contributed by atoms with Crippen LogP contribution in [-0.2, 0) is 0 Å². The van der Waals surface area contributed by atoms with Crippen molar-refractivity contribution in [1.29, 1.82) is 0 Å². The molecule has 0 aliphatic heterocycles. The van der Waals surface area contributed by atoms with Gasteiger partial charge < -0.3 is 5.11 Å². The molecule has 1 aromatic carbocycles. The zero-order valence-corrected chi connectivity index (χ0v) is 9.65. The highest BCUT2D eigenvalue weighted by Gasteiger charge is 2.14. The van der Waals surface area contributed by atoms with E-state index in [1.807, 2.05) is 31.2 Å². The third-order valence-electron chi connectivity index (χ3n) is 2.44. The van der Waals surface area contributed by atoms with Crippen LogP contribution in [0, 0.1) is 6.92 Å². The first kappa shape index (κ1) is 11.1. The molecule has 1 N–H and O–H groups in total. The molecule has 0 radical (unpaired) electrons. The molecule has 0 saturated heterocycles. The third-order valence-corrected chi connectivity index (χ3v) is 2.76. The minimum Gasteiger partial charge on any atom is -0.382 e. The Hall–Kier alpha value is -1.38. The summed E-state index contributed by atoms with van der Waals surface area (Å²) in [5.74, 6) is 0. The summed E-state index contributed by atoms with van der Waals surface area (Å²) in [5.41, 5.74) is 2.45. The fraction of sp³-hybridized carbons (Fsp3) is 0.154. The minimum absolute atomic E-state index is 0.482. The highest BCUT2D eigenvalue weighted by molar-refractivity contribution is 6.31. The van der Waals surface area contributed by atoms with Crippen molar-refractivity contribution in [2.24, 2.45) is 0 Å². The molecule has 1 unspecified atom stereocenters. The number of aromatic nitrogens is 1. The quantitative estimate of drug-likeness (QED) is 0.865. The second-order valence-corrected chi connectivity index (χ2v) is 4.09. The number of pyridine rings is 1. The first-order chi connectivity index (χ1) is 7.68. The summed E-state index contributed by atoms with van der Waals surface area (Å²) < 4.78 is 0. The molecule has 1 atom stereocenters. The summed E-state index contributed by atoms with van der Waals surface area (Å²) >= 11 is 5.98. The monoisotopic (exact) mass is 233 g/mol. The van der Waals surface area contributed by atoms with Gasteiger partial charge in [0.15, 0.2) is 0 Å². The fourth-order valence-electron chi connectivity index (χ4n) is 1.51. The maximum atomic E-state index is 10.1. The first-order valence-corrected chi connectivity index (χ1v) is 5.41. The summed E-state index contributed by atoms with van der Waals surface area (Å²) in [4.78, 5) is 4.10. The lowest BCUT2D eigenvalue weighted by Crippen LogP contribution is -2.02. The molecule has 16 heavy (non-hydrogen) atoms. The van der Waals surface area contributed by atoms with Crippen LogP contribution in [0.2, 0.25) is 5.02 Å². The van der Waals surface area contributed by atoms with Gasteiger partial charge in [0.1, 0.15) is 6.10 Å². The maximum absolute atomic E-state index is 10.1. The van der Waals surface area contributed by atoms with E-state index >= 15 is 0 Å². The van der Waals surface area contributed by atoms with Crippen molar-refractivity contribution < 1.29 is 5.11 Å². The molecule has 0 amide bonds. The highest BCUT2D eigenvalue weighted by Crippen LogP contribution is 2.25. The predicted molar refractivity (Wildman–Crippen MR) is 64.5 cm³/mol. The van der Waals surface area contributed by atoms with Crippen LogP contribution in [0.25, 0.3) is 0 Å². The molecule has 0 aliphatic carbocycles. The van der Waals surface area contributed by atoms with E-state index in [4.69, 9.17) is 11.6 Å². The number of aryl methyl sites for hydroxylation is 1. The van der Waals surface area contributed by atoms with Gasteiger partial charge in [0.05, 0.1) is 10.7 Å². The van der Waals surface area contributed by atoms with Crippen LogP contribution < -0.4 is 0 Å². The van der Waals surface area contributed by atoms with Crippen LogP contribution in [0.4, 0.5) is 0 Å². The number of hydrogen-bond donors (Lipinski definition) is 1. The summed E-state index contributed by atoms with van der Waals surface area (Å²) in [6.45, 7) is 2.00. The topological polar surface area (TPSA) is 33.1 Å². The lowest BCUT2D eigenvalue weighted by molar-refractivity contribution is 0.215. The number of aliphatic hydroxyl groups excluding tert-OH is 1. The van der Waals surface area contributed by atoms with Crippen LogP contribution in [0.5, 0.6) is 0 Å². The Labute approximate surface area is 99.5 Å². The van der Waals surface area contributed by atoms with Crippen LogP contribution in [0.15, 0.2) is 42.6 Å². The summed E-state index contributed by atoms with van der Waals surface area (Å²) in [6, 6.07) is 11.1. The Bertz CT molecular complexity index is 482. The Morgan fingerprint density at radius 2 is 1.88 bits per heavy atom. The number of benzene rings is 1. The normalized spacial score (nSPS) is 12.4. The van der Waals surface area contributed by atoms with Gasteiger partial charge in [-0.15, -0.1) is 0 Å². The molecule has 0 spiro atoms. The van der Waals surface area contributed by atoms with Gasteiger partial charge in [-0.1, -0.05) is 41.4 Å². The summed E-state index contributed by atoms with van der Waals surface area (Å²) in [7, 11) is 0. The van der Waals surface area contributed by atoms with E-state index in [0.29, 0.717) is 10.7 Å². The second-order valence-electron chi connectivity index (χ2n) is 3.68. The predicted octanol–water partition coefficient (Wildman–Crippen LogP) is 3.13. The van der Waals surface area contributed by atoms with E-state index in [-0.39, 0.29) is 0 Å². The van der Waals surface area contributed by atoms with E-state index < -0.39 is 6.10 Å². The average molecular weight is 234 g/mol. The number of halogens is 1. The highest BCUT2D eigenvalue weighted by atomic mass is 35.5. The zero-order chi connectivity index (χ0) is 11.5. The first-order valence-electron chi connectivity index (χ1n) is 5.03. The van der Waals surface area contributed by atoms with Crippen LogP contribution in [0.1, 0.15) is 22.9 Å². The number of hydrogen-bond acceptors (Lipinski definition) is 2. The van der Waals surface area contributed by atoms with Crippen LogP contribution in [-0.4, -0.2) is 10.1 Å². The molecule has 1 aromatic heterocycles. The zero-order valence-electron chi connectivity index (χ0n) is 8.89. The van der Waals surface area contributed by atoms with Gasteiger partial charge in [-0.2, -0.15) is 0 Å². The molecular weight excluding hydrogens is 222 g/mol. The van der Waals surface area contributed by atoms with Gasteiger partial charge in [0.25, 0.3) is 0 Å². The van der Waals surface area contributed by atoms with Gasteiger partial charge >= 0.3 is 0 Å². The third kappa shape index (κ3) is 2.23. The Kier molecular flexibility index (Phi) is 3.22. The molecule has 82 valence electrons. The second kappa shape index (κ2) is 4.64. The van der Waals surface area contributed by atoms with E-state index in [1.165, 1.54) is 0 Å². The lowest BCUT2D eigenvalue weighted by atomic mass is 10.0. The molecule has 2 aromatic rings. The SMILES string of the molecule is Cc1ccc(C(O)c2ncccc2Cl)cc1. The van der Waals surface area contributed by atoms with Gasteiger partial charge in [-0.25, -0.2) is 0 Å². The maximum Gasteiger partial charge on any atom is 0.122 e. The molecule has 2 rings (SSSR count). The van der Waals surface area contributed by atoms with E-state index in [1.54, 1.807) is 18.3 Å². The molecule has 0 aliphatic rings. The van der Waals surface area contributed by atoms with Gasteiger partial charge in [0, 0.05) is 6.20 Å². The van der Waals surface area contributed by atoms with Crippen molar-refractivity contribution in [3.63, 3.8) is 0 Å². The average Bonchev–Trinajstić information content (AvgIpc) is 2.30. The minimum atomic E-state index is -0.769. The molecule has 0 bridgehead atoms. The van der Waals surface area contributed by atoms with Gasteiger partial charge in [-0.05, 0) is 24.6 Å². The lowest BCUT2D eigenvalue weighted by Gasteiger charge is -2.11. The van der Waals surface area contributed by atoms with Crippen molar-refractivity contribution in [2.75, 3.05) is 0 Å². The number of rotatable bonds is 2. The smallest absolute Gasteiger partial charge is 0.122 e. The fourth-order valence-corrected chi connectivity index (χ4v) is 1.73. The van der Waals surface area contributed by atoms with Crippen molar-refractivity contribution >= 4 is 11.6 Å². The summed E-state index contributed by atoms with van der Waals surface area (Å²) in [5, 5.41) is 10.6. The van der Waals surface area contributed by atoms with Crippen LogP contribution >= 0.6 is 11.6 Å². The van der Waals surface area contributed by atoms with E-state index in [0.717, 1.165) is 11.1 Å². The number of nitrogens with zero attached hydrogens (tertiary/aromatic N) is 1. The molecular formula is C13H12ClNO. The Morgan fingerprint density at radius 3 is 2.50 bits per heavy atom. The largest absolute Gasteiger partial charge is 0.382 e. The summed E-state index contributed by atoms with van der Waals surface area (Å²) in [6.07, 6.45) is 0.854. The Morgan fingerprint density at radius 1 is 1.19 bits per heavy atom. The molecule has 0 saturated carbocycles. The van der Waals surface area contributed by atoms with Crippen molar-refractivity contribution in [3.05, 3.63) is 64.4 Å². The molecule has 2 nitrogen and oxygen atoms in total.